The highest BCUT2D eigenvalue weighted by molar-refractivity contribution is 7.23. The SMILES string of the molecule is COCCNCCC(=O)Nc1sc2c(c1-c1nc3cc(-c4cc5ccccc5[nH]4)ccc3s1)CCNC2. The van der Waals surface area contributed by atoms with Gasteiger partial charge in [0.25, 0.3) is 0 Å². The molecule has 190 valence electrons. The molecular weight excluding hydrogens is 502 g/mol. The van der Waals surface area contributed by atoms with E-state index < -0.39 is 0 Å². The number of H-pyrrole nitrogens is 1. The van der Waals surface area contributed by atoms with E-state index in [2.05, 4.69) is 63.4 Å². The molecule has 0 bridgehead atoms. The zero-order chi connectivity index (χ0) is 25.2. The summed E-state index contributed by atoms with van der Waals surface area (Å²) in [5.74, 6) is 0.0138. The number of ether oxygens (including phenoxy) is 1. The van der Waals surface area contributed by atoms with Crippen LogP contribution in [0.1, 0.15) is 16.9 Å². The first-order valence-electron chi connectivity index (χ1n) is 12.5. The second-order valence-corrected chi connectivity index (χ2v) is 11.3. The molecule has 6 rings (SSSR count). The minimum Gasteiger partial charge on any atom is -0.383 e. The van der Waals surface area contributed by atoms with Crippen LogP contribution in [0, 0.1) is 0 Å². The number of carbonyl (C=O) groups excluding carboxylic acids is 1. The van der Waals surface area contributed by atoms with Gasteiger partial charge >= 0.3 is 0 Å². The van der Waals surface area contributed by atoms with Crippen molar-refractivity contribution in [3.63, 3.8) is 0 Å². The number of fused-ring (bicyclic) bond motifs is 3. The van der Waals surface area contributed by atoms with Crippen LogP contribution in [0.15, 0.2) is 48.5 Å². The van der Waals surface area contributed by atoms with Gasteiger partial charge in [-0.25, -0.2) is 4.98 Å². The van der Waals surface area contributed by atoms with Crippen molar-refractivity contribution in [1.82, 2.24) is 20.6 Å². The van der Waals surface area contributed by atoms with Crippen molar-refractivity contribution in [2.24, 2.45) is 0 Å². The molecule has 1 aliphatic heterocycles. The minimum absolute atomic E-state index is 0.0138. The lowest BCUT2D eigenvalue weighted by atomic mass is 10.0. The standard InChI is InChI=1S/C28H29N5O2S2/c1-35-13-12-29-11-9-25(34)33-28-26(19-8-10-30-16-24(19)37-28)27-32-22-15-18(6-7-23(22)36-27)21-14-17-4-2-3-5-20(17)31-21/h2-7,14-15,29-31H,8-13,16H2,1H3,(H,33,34). The molecule has 7 nitrogen and oxygen atoms in total. The van der Waals surface area contributed by atoms with Crippen molar-refractivity contribution in [2.45, 2.75) is 19.4 Å². The zero-order valence-corrected chi connectivity index (χ0v) is 22.3. The van der Waals surface area contributed by atoms with E-state index in [0.29, 0.717) is 19.6 Å². The van der Waals surface area contributed by atoms with Crippen molar-refractivity contribution in [3.8, 4) is 21.8 Å². The summed E-state index contributed by atoms with van der Waals surface area (Å²) in [5, 5.41) is 13.0. The van der Waals surface area contributed by atoms with Gasteiger partial charge in [-0.3, -0.25) is 4.79 Å². The molecule has 4 N–H and O–H groups in total. The van der Waals surface area contributed by atoms with Gasteiger partial charge in [-0.1, -0.05) is 24.3 Å². The van der Waals surface area contributed by atoms with Gasteiger partial charge in [-0.05, 0) is 42.8 Å². The topological polar surface area (TPSA) is 91.1 Å². The number of para-hydroxylation sites is 1. The third-order valence-electron chi connectivity index (χ3n) is 6.64. The average Bonchev–Trinajstić information content (AvgIpc) is 3.62. The molecule has 0 aliphatic carbocycles. The van der Waals surface area contributed by atoms with Crippen molar-refractivity contribution in [3.05, 3.63) is 59.0 Å². The van der Waals surface area contributed by atoms with Crippen LogP contribution < -0.4 is 16.0 Å². The number of methoxy groups -OCH3 is 1. The Morgan fingerprint density at radius 2 is 2.05 bits per heavy atom. The van der Waals surface area contributed by atoms with Crippen molar-refractivity contribution >= 4 is 54.7 Å². The van der Waals surface area contributed by atoms with Crippen LogP contribution in [0.2, 0.25) is 0 Å². The molecule has 0 radical (unpaired) electrons. The molecule has 4 heterocycles. The fraction of sp³-hybridized carbons (Fsp3) is 0.286. The lowest BCUT2D eigenvalue weighted by molar-refractivity contribution is -0.116. The van der Waals surface area contributed by atoms with Gasteiger partial charge < -0.3 is 25.7 Å². The van der Waals surface area contributed by atoms with Crippen LogP contribution in [0.3, 0.4) is 0 Å². The molecule has 0 atom stereocenters. The van der Waals surface area contributed by atoms with E-state index in [9.17, 15) is 4.79 Å². The maximum absolute atomic E-state index is 12.8. The zero-order valence-electron chi connectivity index (χ0n) is 20.6. The molecule has 37 heavy (non-hydrogen) atoms. The Morgan fingerprint density at radius 1 is 1.14 bits per heavy atom. The van der Waals surface area contributed by atoms with Gasteiger partial charge in [0.1, 0.15) is 10.0 Å². The summed E-state index contributed by atoms with van der Waals surface area (Å²) in [7, 11) is 1.67. The van der Waals surface area contributed by atoms with Crippen molar-refractivity contribution < 1.29 is 9.53 Å². The van der Waals surface area contributed by atoms with Gasteiger partial charge in [-0.2, -0.15) is 0 Å². The van der Waals surface area contributed by atoms with E-state index in [1.54, 1.807) is 29.8 Å². The van der Waals surface area contributed by atoms with Gasteiger partial charge in [0.2, 0.25) is 5.91 Å². The number of anilines is 1. The quantitative estimate of drug-likeness (QED) is 0.192. The number of carbonyl (C=O) groups is 1. The van der Waals surface area contributed by atoms with E-state index in [0.717, 1.165) is 68.6 Å². The van der Waals surface area contributed by atoms with Crippen molar-refractivity contribution in [2.75, 3.05) is 38.7 Å². The first-order valence-corrected chi connectivity index (χ1v) is 14.2. The van der Waals surface area contributed by atoms with E-state index >= 15 is 0 Å². The Bertz CT molecular complexity index is 1530. The van der Waals surface area contributed by atoms with E-state index in [1.165, 1.54) is 15.8 Å². The first-order chi connectivity index (χ1) is 18.2. The monoisotopic (exact) mass is 531 g/mol. The molecule has 2 aromatic carbocycles. The highest BCUT2D eigenvalue weighted by Crippen LogP contribution is 2.45. The van der Waals surface area contributed by atoms with E-state index in [1.807, 2.05) is 6.07 Å². The van der Waals surface area contributed by atoms with Gasteiger partial charge in [-0.15, -0.1) is 22.7 Å². The predicted molar refractivity (Wildman–Crippen MR) is 154 cm³/mol. The van der Waals surface area contributed by atoms with Gasteiger partial charge in [0.15, 0.2) is 0 Å². The van der Waals surface area contributed by atoms with Crippen LogP contribution in [-0.2, 0) is 22.5 Å². The minimum atomic E-state index is 0.0138. The molecule has 0 saturated heterocycles. The van der Waals surface area contributed by atoms with Crippen LogP contribution >= 0.6 is 22.7 Å². The second kappa shape index (κ2) is 10.7. The van der Waals surface area contributed by atoms with Crippen LogP contribution in [0.4, 0.5) is 5.00 Å². The fourth-order valence-corrected chi connectivity index (χ4v) is 7.09. The first kappa shape index (κ1) is 24.3. The number of thiazole rings is 1. The average molecular weight is 532 g/mol. The smallest absolute Gasteiger partial charge is 0.226 e. The lowest BCUT2D eigenvalue weighted by Crippen LogP contribution is -2.24. The molecule has 3 aromatic heterocycles. The molecule has 0 spiro atoms. The molecule has 0 fully saturated rings. The van der Waals surface area contributed by atoms with Crippen molar-refractivity contribution in [1.29, 1.82) is 0 Å². The highest BCUT2D eigenvalue weighted by atomic mass is 32.1. The number of aromatic nitrogens is 2. The molecule has 0 unspecified atom stereocenters. The van der Waals surface area contributed by atoms with E-state index in [-0.39, 0.29) is 5.91 Å². The number of nitrogens with one attached hydrogen (secondary N) is 4. The van der Waals surface area contributed by atoms with Crippen LogP contribution in [-0.4, -0.2) is 49.2 Å². The summed E-state index contributed by atoms with van der Waals surface area (Å²) in [5.41, 5.74) is 6.71. The number of aromatic amines is 1. The second-order valence-electron chi connectivity index (χ2n) is 9.15. The number of hydrogen-bond acceptors (Lipinski definition) is 7. The number of nitrogens with zero attached hydrogens (tertiary/aromatic N) is 1. The Labute approximate surface area is 223 Å². The third kappa shape index (κ3) is 5.05. The Balaban J connectivity index is 1.30. The van der Waals surface area contributed by atoms with Gasteiger partial charge in [0, 0.05) is 65.8 Å². The molecular formula is C28H29N5O2S2. The molecule has 1 aliphatic rings. The number of hydrogen-bond donors (Lipinski definition) is 4. The Kier molecular flexibility index (Phi) is 7.04. The summed E-state index contributed by atoms with van der Waals surface area (Å²) in [6.07, 6.45) is 1.35. The normalized spacial score (nSPS) is 13.3. The third-order valence-corrected chi connectivity index (χ3v) is 8.84. The summed E-state index contributed by atoms with van der Waals surface area (Å²) >= 11 is 3.36. The number of benzene rings is 2. The molecule has 1 amide bonds. The molecule has 5 aromatic rings. The fourth-order valence-electron chi connectivity index (χ4n) is 4.77. The number of amides is 1. The molecule has 0 saturated carbocycles. The lowest BCUT2D eigenvalue weighted by Gasteiger charge is -2.13. The summed E-state index contributed by atoms with van der Waals surface area (Å²) in [4.78, 5) is 22.7. The molecule has 9 heteroatoms. The number of thiophene rings is 1. The predicted octanol–water partition coefficient (Wildman–Crippen LogP) is 5.38. The highest BCUT2D eigenvalue weighted by Gasteiger charge is 2.25. The largest absolute Gasteiger partial charge is 0.383 e. The Hall–Kier alpha value is -3.08. The maximum atomic E-state index is 12.8. The summed E-state index contributed by atoms with van der Waals surface area (Å²) in [6.45, 7) is 3.75. The Morgan fingerprint density at radius 3 is 2.95 bits per heavy atom. The number of rotatable bonds is 9. The van der Waals surface area contributed by atoms with Crippen LogP contribution in [0.5, 0.6) is 0 Å². The van der Waals surface area contributed by atoms with Gasteiger partial charge in [0.05, 0.1) is 16.8 Å². The summed E-state index contributed by atoms with van der Waals surface area (Å²) < 4.78 is 6.19. The maximum Gasteiger partial charge on any atom is 0.226 e. The summed E-state index contributed by atoms with van der Waals surface area (Å²) in [6, 6.07) is 17.0. The van der Waals surface area contributed by atoms with E-state index in [4.69, 9.17) is 9.72 Å². The van der Waals surface area contributed by atoms with Crippen LogP contribution in [0.25, 0.3) is 42.9 Å².